The van der Waals surface area contributed by atoms with Gasteiger partial charge in [-0.3, -0.25) is 0 Å². The van der Waals surface area contributed by atoms with Gasteiger partial charge >= 0.3 is 12.0 Å². The van der Waals surface area contributed by atoms with E-state index < -0.39 is 5.97 Å². The highest BCUT2D eigenvalue weighted by molar-refractivity contribution is 9.10. The highest BCUT2D eigenvalue weighted by atomic mass is 79.9. The number of likely N-dealkylation sites (N-methyl/N-ethyl adjacent to an activating group) is 2. The van der Waals surface area contributed by atoms with Gasteiger partial charge in [-0.05, 0) is 48.2 Å². The first-order valence-corrected chi connectivity index (χ1v) is 6.80. The molecule has 7 heteroatoms. The van der Waals surface area contributed by atoms with Crippen molar-refractivity contribution in [3.05, 3.63) is 28.2 Å². The van der Waals surface area contributed by atoms with E-state index in [1.54, 1.807) is 18.0 Å². The molecule has 0 heterocycles. The van der Waals surface area contributed by atoms with E-state index in [0.717, 1.165) is 6.54 Å². The van der Waals surface area contributed by atoms with Gasteiger partial charge in [-0.25, -0.2) is 9.59 Å². The summed E-state index contributed by atoms with van der Waals surface area (Å²) < 4.78 is 0.534. The largest absolute Gasteiger partial charge is 0.478 e. The van der Waals surface area contributed by atoms with Crippen molar-refractivity contribution in [2.24, 2.45) is 0 Å². The number of carboxylic acid groups (broad SMARTS) is 1. The van der Waals surface area contributed by atoms with Gasteiger partial charge < -0.3 is 20.2 Å². The van der Waals surface area contributed by atoms with Crippen LogP contribution in [0.2, 0.25) is 0 Å². The Morgan fingerprint density at radius 1 is 1.25 bits per heavy atom. The molecular formula is C13H18BrN3O3. The number of benzene rings is 1. The van der Waals surface area contributed by atoms with Crippen LogP contribution >= 0.6 is 15.9 Å². The van der Waals surface area contributed by atoms with Crippen molar-refractivity contribution in [2.75, 3.05) is 39.5 Å². The number of carboxylic acids is 1. The molecule has 0 atom stereocenters. The van der Waals surface area contributed by atoms with E-state index in [4.69, 9.17) is 5.11 Å². The zero-order chi connectivity index (χ0) is 15.3. The van der Waals surface area contributed by atoms with E-state index in [-0.39, 0.29) is 11.6 Å². The van der Waals surface area contributed by atoms with Gasteiger partial charge in [0, 0.05) is 24.6 Å². The number of hydrogen-bond acceptors (Lipinski definition) is 3. The van der Waals surface area contributed by atoms with Gasteiger partial charge in [0.15, 0.2) is 0 Å². The first kappa shape index (κ1) is 16.5. The Morgan fingerprint density at radius 2 is 1.90 bits per heavy atom. The van der Waals surface area contributed by atoms with Crippen LogP contribution in [0.25, 0.3) is 0 Å². The Kier molecular flexibility index (Phi) is 5.97. The third-order valence-electron chi connectivity index (χ3n) is 2.69. The predicted molar refractivity (Wildman–Crippen MR) is 81.3 cm³/mol. The summed E-state index contributed by atoms with van der Waals surface area (Å²) in [5.41, 5.74) is 0.701. The van der Waals surface area contributed by atoms with Gasteiger partial charge in [0.05, 0.1) is 11.3 Å². The number of halogens is 1. The Hall–Kier alpha value is -1.60. The minimum Gasteiger partial charge on any atom is -0.478 e. The minimum absolute atomic E-state index is 0.163. The van der Waals surface area contributed by atoms with Crippen molar-refractivity contribution in [3.63, 3.8) is 0 Å². The molecule has 0 saturated heterocycles. The molecule has 0 bridgehead atoms. The van der Waals surface area contributed by atoms with E-state index in [9.17, 15) is 9.59 Å². The third kappa shape index (κ3) is 4.82. The highest BCUT2D eigenvalue weighted by Gasteiger charge is 2.12. The van der Waals surface area contributed by atoms with Crippen molar-refractivity contribution in [2.45, 2.75) is 0 Å². The van der Waals surface area contributed by atoms with Crippen LogP contribution in [0.1, 0.15) is 10.4 Å². The summed E-state index contributed by atoms with van der Waals surface area (Å²) in [6, 6.07) is 4.22. The summed E-state index contributed by atoms with van der Waals surface area (Å²) in [4.78, 5) is 26.3. The lowest BCUT2D eigenvalue weighted by molar-refractivity contribution is 0.0697. The molecule has 2 amide bonds. The lowest BCUT2D eigenvalue weighted by Crippen LogP contribution is -2.36. The average molecular weight is 344 g/mol. The van der Waals surface area contributed by atoms with Crippen molar-refractivity contribution in [1.82, 2.24) is 9.80 Å². The Balaban J connectivity index is 2.68. The van der Waals surface area contributed by atoms with Gasteiger partial charge in [-0.2, -0.15) is 0 Å². The number of nitrogens with zero attached hydrogens (tertiary/aromatic N) is 2. The molecule has 2 N–H and O–H groups in total. The van der Waals surface area contributed by atoms with E-state index in [1.807, 2.05) is 19.0 Å². The number of carbonyl (C=O) groups is 2. The molecule has 1 aromatic carbocycles. The Bertz CT molecular complexity index is 506. The molecule has 0 aliphatic carbocycles. The molecule has 0 unspecified atom stereocenters. The second-order valence-electron chi connectivity index (χ2n) is 4.65. The van der Waals surface area contributed by atoms with Gasteiger partial charge in [0.25, 0.3) is 0 Å². The van der Waals surface area contributed by atoms with Gasteiger partial charge in [-0.1, -0.05) is 0 Å². The van der Waals surface area contributed by atoms with Crippen molar-refractivity contribution >= 4 is 33.6 Å². The normalized spacial score (nSPS) is 10.4. The van der Waals surface area contributed by atoms with Crippen molar-refractivity contribution in [1.29, 1.82) is 0 Å². The summed E-state index contributed by atoms with van der Waals surface area (Å²) >= 11 is 3.25. The van der Waals surface area contributed by atoms with E-state index >= 15 is 0 Å². The fourth-order valence-corrected chi connectivity index (χ4v) is 1.89. The number of hydrogen-bond donors (Lipinski definition) is 2. The fraction of sp³-hybridized carbons (Fsp3) is 0.385. The SMILES string of the molecule is CN(C)CCN(C)C(=O)Nc1ccc(C(=O)O)cc1Br. The van der Waals surface area contributed by atoms with Crippen LogP contribution in [0.15, 0.2) is 22.7 Å². The maximum atomic E-state index is 12.0. The predicted octanol–water partition coefficient (Wildman–Crippen LogP) is 2.17. The molecule has 0 aromatic heterocycles. The number of amides is 2. The number of urea groups is 1. The average Bonchev–Trinajstić information content (AvgIpc) is 2.37. The molecule has 1 rings (SSSR count). The molecule has 20 heavy (non-hydrogen) atoms. The van der Waals surface area contributed by atoms with E-state index in [0.29, 0.717) is 16.7 Å². The van der Waals surface area contributed by atoms with Crippen LogP contribution in [0.4, 0.5) is 10.5 Å². The summed E-state index contributed by atoms with van der Waals surface area (Å²) in [6.07, 6.45) is 0. The molecule has 1 aromatic rings. The number of anilines is 1. The molecule has 0 saturated carbocycles. The zero-order valence-electron chi connectivity index (χ0n) is 11.7. The molecule has 0 spiro atoms. The first-order valence-electron chi connectivity index (χ1n) is 6.01. The molecule has 0 aliphatic rings. The lowest BCUT2D eigenvalue weighted by atomic mass is 10.2. The highest BCUT2D eigenvalue weighted by Crippen LogP contribution is 2.24. The molecule has 0 fully saturated rings. The van der Waals surface area contributed by atoms with Gasteiger partial charge in [-0.15, -0.1) is 0 Å². The quantitative estimate of drug-likeness (QED) is 0.859. The lowest BCUT2D eigenvalue weighted by Gasteiger charge is -2.20. The summed E-state index contributed by atoms with van der Waals surface area (Å²) in [6.45, 7) is 1.37. The summed E-state index contributed by atoms with van der Waals surface area (Å²) in [5.74, 6) is -1.01. The first-order chi connectivity index (χ1) is 9.31. The molecular weight excluding hydrogens is 326 g/mol. The summed E-state index contributed by atoms with van der Waals surface area (Å²) in [7, 11) is 5.58. The van der Waals surface area contributed by atoms with Gasteiger partial charge in [0.1, 0.15) is 0 Å². The monoisotopic (exact) mass is 343 g/mol. The van der Waals surface area contributed by atoms with Crippen molar-refractivity contribution < 1.29 is 14.7 Å². The topological polar surface area (TPSA) is 72.9 Å². The molecule has 0 aliphatic heterocycles. The van der Waals surface area contributed by atoms with Crippen LogP contribution in [0, 0.1) is 0 Å². The standard InChI is InChI=1S/C13H18BrN3O3/c1-16(2)6-7-17(3)13(20)15-11-5-4-9(12(18)19)8-10(11)14/h4-5,8H,6-7H2,1-3H3,(H,15,20)(H,18,19). The maximum Gasteiger partial charge on any atom is 0.335 e. The third-order valence-corrected chi connectivity index (χ3v) is 3.34. The fourth-order valence-electron chi connectivity index (χ4n) is 1.41. The number of carbonyl (C=O) groups excluding carboxylic acids is 1. The Labute approximate surface area is 126 Å². The van der Waals surface area contributed by atoms with Crippen molar-refractivity contribution in [3.8, 4) is 0 Å². The van der Waals surface area contributed by atoms with Gasteiger partial charge in [0.2, 0.25) is 0 Å². The maximum absolute atomic E-state index is 12.0. The zero-order valence-corrected chi connectivity index (χ0v) is 13.3. The molecule has 6 nitrogen and oxygen atoms in total. The van der Waals surface area contributed by atoms with Crippen LogP contribution in [0.5, 0.6) is 0 Å². The van der Waals surface area contributed by atoms with Crippen LogP contribution < -0.4 is 5.32 Å². The second-order valence-corrected chi connectivity index (χ2v) is 5.51. The molecule has 0 radical (unpaired) electrons. The molecule has 110 valence electrons. The van der Waals surface area contributed by atoms with E-state index in [2.05, 4.69) is 21.2 Å². The number of nitrogens with one attached hydrogen (secondary N) is 1. The number of rotatable bonds is 5. The second kappa shape index (κ2) is 7.25. The smallest absolute Gasteiger partial charge is 0.335 e. The van der Waals surface area contributed by atoms with Crippen LogP contribution in [-0.4, -0.2) is 61.1 Å². The minimum atomic E-state index is -1.01. The number of aromatic carboxylic acids is 1. The van der Waals surface area contributed by atoms with Crippen LogP contribution in [-0.2, 0) is 0 Å². The van der Waals surface area contributed by atoms with Crippen LogP contribution in [0.3, 0.4) is 0 Å². The summed E-state index contributed by atoms with van der Waals surface area (Å²) in [5, 5.41) is 11.6. The Morgan fingerprint density at radius 3 is 2.40 bits per heavy atom. The van der Waals surface area contributed by atoms with E-state index in [1.165, 1.54) is 12.1 Å².